The Bertz CT molecular complexity index is 834. The van der Waals surface area contributed by atoms with Crippen molar-refractivity contribution in [1.29, 1.82) is 0 Å². The molecule has 3 atom stereocenters. The molecule has 202 valence electrons. The summed E-state index contributed by atoms with van der Waals surface area (Å²) in [5, 5.41) is 3.98. The van der Waals surface area contributed by atoms with Gasteiger partial charge in [-0.3, -0.25) is 0 Å². The Kier molecular flexibility index (Phi) is 11.6. The van der Waals surface area contributed by atoms with Crippen LogP contribution in [0.5, 0.6) is 0 Å². The number of amides is 3. The third kappa shape index (κ3) is 9.45. The summed E-state index contributed by atoms with van der Waals surface area (Å²) < 4.78 is 11.0. The lowest BCUT2D eigenvalue weighted by Crippen LogP contribution is -2.52. The van der Waals surface area contributed by atoms with Crippen molar-refractivity contribution in [3.05, 3.63) is 34.9 Å². The Morgan fingerprint density at radius 3 is 2.64 bits per heavy atom. The number of piperidine rings is 1. The Balaban J connectivity index is 1.64. The fourth-order valence-electron chi connectivity index (χ4n) is 5.66. The number of rotatable bonds is 11. The lowest BCUT2D eigenvalue weighted by molar-refractivity contribution is -0.0258. The van der Waals surface area contributed by atoms with Crippen molar-refractivity contribution in [3.8, 4) is 0 Å². The molecule has 1 saturated heterocycles. The zero-order valence-corrected chi connectivity index (χ0v) is 22.5. The fraction of sp³-hybridized carbons (Fsp3) is 0.704. The van der Waals surface area contributed by atoms with E-state index in [2.05, 4.69) is 24.3 Å². The van der Waals surface area contributed by atoms with Gasteiger partial charge in [-0.2, -0.15) is 0 Å². The third-order valence-electron chi connectivity index (χ3n) is 7.23. The lowest BCUT2D eigenvalue weighted by Gasteiger charge is -2.38. The Labute approximate surface area is 220 Å². The number of urea groups is 1. The molecule has 2 fully saturated rings. The molecule has 1 aromatic carbocycles. The van der Waals surface area contributed by atoms with Crippen LogP contribution in [-0.4, -0.2) is 74.9 Å². The second kappa shape index (κ2) is 14.6. The van der Waals surface area contributed by atoms with Gasteiger partial charge in [-0.25, -0.2) is 9.59 Å². The van der Waals surface area contributed by atoms with Gasteiger partial charge in [0.15, 0.2) is 0 Å². The van der Waals surface area contributed by atoms with Crippen molar-refractivity contribution in [1.82, 2.24) is 15.1 Å². The van der Waals surface area contributed by atoms with Gasteiger partial charge in [0, 0.05) is 36.6 Å². The average molecular weight is 523 g/mol. The van der Waals surface area contributed by atoms with Crippen LogP contribution >= 0.6 is 11.6 Å². The van der Waals surface area contributed by atoms with E-state index >= 15 is 0 Å². The van der Waals surface area contributed by atoms with Crippen LogP contribution < -0.4 is 11.1 Å². The van der Waals surface area contributed by atoms with Gasteiger partial charge in [0.05, 0.1) is 12.7 Å². The number of carbonyl (C=O) groups is 2. The second-order valence-electron chi connectivity index (χ2n) is 10.5. The van der Waals surface area contributed by atoms with E-state index in [1.807, 2.05) is 29.2 Å². The molecule has 1 saturated carbocycles. The predicted octanol–water partition coefficient (Wildman–Crippen LogP) is 4.82. The van der Waals surface area contributed by atoms with Crippen LogP contribution in [0, 0.1) is 11.8 Å². The lowest BCUT2D eigenvalue weighted by atomic mass is 9.84. The molecular weight excluding hydrogens is 480 g/mol. The highest BCUT2D eigenvalue weighted by Gasteiger charge is 2.32. The van der Waals surface area contributed by atoms with E-state index in [0.717, 1.165) is 37.9 Å². The van der Waals surface area contributed by atoms with E-state index in [4.69, 9.17) is 26.8 Å². The van der Waals surface area contributed by atoms with Gasteiger partial charge in [0.25, 0.3) is 0 Å². The molecule has 1 heterocycles. The maximum absolute atomic E-state index is 13.4. The summed E-state index contributed by atoms with van der Waals surface area (Å²) in [6.45, 7) is 2.46. The Morgan fingerprint density at radius 1 is 1.17 bits per heavy atom. The smallest absolute Gasteiger partial charge is 0.404 e. The number of ether oxygens (including phenoxy) is 2. The van der Waals surface area contributed by atoms with Crippen molar-refractivity contribution in [3.63, 3.8) is 0 Å². The summed E-state index contributed by atoms with van der Waals surface area (Å²) in [6, 6.07) is 7.76. The molecule has 1 aromatic rings. The van der Waals surface area contributed by atoms with Crippen molar-refractivity contribution in [2.75, 3.05) is 46.9 Å². The van der Waals surface area contributed by atoms with Crippen LogP contribution in [0.1, 0.15) is 63.0 Å². The third-order valence-corrected chi connectivity index (χ3v) is 7.47. The fourth-order valence-corrected chi connectivity index (χ4v) is 5.86. The quantitative estimate of drug-likeness (QED) is 0.406. The van der Waals surface area contributed by atoms with E-state index in [-0.39, 0.29) is 37.3 Å². The maximum atomic E-state index is 13.4. The molecule has 3 rings (SSSR count). The van der Waals surface area contributed by atoms with E-state index < -0.39 is 6.09 Å². The molecule has 36 heavy (non-hydrogen) atoms. The molecule has 0 radical (unpaired) electrons. The van der Waals surface area contributed by atoms with Gasteiger partial charge in [0.1, 0.15) is 6.61 Å². The van der Waals surface area contributed by atoms with Crippen molar-refractivity contribution in [2.24, 2.45) is 17.6 Å². The summed E-state index contributed by atoms with van der Waals surface area (Å²) in [7, 11) is 4.12. The normalized spacial score (nSPS) is 20.7. The SMILES string of the molecule is CN(C)C[C@H](CC1CCCCC1)NC(=O)N1CCC[C@@H]([C@@H](OCCOC(N)=O)c2cccc(Cl)c2)C1. The van der Waals surface area contributed by atoms with E-state index in [9.17, 15) is 9.59 Å². The molecule has 2 aliphatic rings. The molecule has 3 amide bonds. The van der Waals surface area contributed by atoms with E-state index in [0.29, 0.717) is 17.5 Å². The number of likely N-dealkylation sites (tertiary alicyclic amines) is 1. The van der Waals surface area contributed by atoms with Gasteiger partial charge < -0.3 is 30.3 Å². The van der Waals surface area contributed by atoms with Crippen LogP contribution in [0.3, 0.4) is 0 Å². The number of primary amides is 1. The Morgan fingerprint density at radius 2 is 1.94 bits per heavy atom. The van der Waals surface area contributed by atoms with Gasteiger partial charge in [-0.1, -0.05) is 55.8 Å². The standard InChI is InChI=1S/C27H43ClN4O4/c1-31(2)19-24(16-20-8-4-3-5-9-20)30-27(34)32-13-7-11-22(18-32)25(35-14-15-36-26(29)33)21-10-6-12-23(28)17-21/h6,10,12,17,20,22,24-25H,3-5,7-9,11,13-16,18-19H2,1-2H3,(H2,29,33)(H,30,34)/t22-,24+,25+/m1/s1. The van der Waals surface area contributed by atoms with Gasteiger partial charge >= 0.3 is 12.1 Å². The summed E-state index contributed by atoms with van der Waals surface area (Å²) in [4.78, 5) is 28.4. The first kappa shape index (κ1) is 28.5. The average Bonchev–Trinajstić information content (AvgIpc) is 2.84. The zero-order chi connectivity index (χ0) is 25.9. The number of likely N-dealkylation sites (N-methyl/N-ethyl adjacent to an activating group) is 1. The van der Waals surface area contributed by atoms with Gasteiger partial charge in [0.2, 0.25) is 0 Å². The van der Waals surface area contributed by atoms with Crippen molar-refractivity contribution in [2.45, 2.75) is 63.5 Å². The number of nitrogens with two attached hydrogens (primary N) is 1. The topological polar surface area (TPSA) is 97.1 Å². The molecule has 0 spiro atoms. The van der Waals surface area contributed by atoms with Crippen molar-refractivity contribution < 1.29 is 19.1 Å². The highest BCUT2D eigenvalue weighted by Crippen LogP contribution is 2.34. The van der Waals surface area contributed by atoms with Crippen LogP contribution in [0.25, 0.3) is 0 Å². The Hall–Kier alpha value is -2.03. The molecule has 8 nitrogen and oxygen atoms in total. The first-order chi connectivity index (χ1) is 17.3. The molecule has 9 heteroatoms. The van der Waals surface area contributed by atoms with E-state index in [1.54, 1.807) is 0 Å². The summed E-state index contributed by atoms with van der Waals surface area (Å²) in [6.07, 6.45) is 8.25. The monoisotopic (exact) mass is 522 g/mol. The molecular formula is C27H43ClN4O4. The van der Waals surface area contributed by atoms with Gasteiger partial charge in [-0.15, -0.1) is 0 Å². The van der Waals surface area contributed by atoms with Gasteiger partial charge in [-0.05, 0) is 57.0 Å². The molecule has 1 aliphatic carbocycles. The maximum Gasteiger partial charge on any atom is 0.404 e. The number of nitrogens with zero attached hydrogens (tertiary/aromatic N) is 2. The van der Waals surface area contributed by atoms with Crippen LogP contribution in [0.4, 0.5) is 9.59 Å². The largest absolute Gasteiger partial charge is 0.447 e. The summed E-state index contributed by atoms with van der Waals surface area (Å²) in [5.74, 6) is 0.795. The second-order valence-corrected chi connectivity index (χ2v) is 10.9. The predicted molar refractivity (Wildman–Crippen MR) is 142 cm³/mol. The van der Waals surface area contributed by atoms with Crippen molar-refractivity contribution >= 4 is 23.7 Å². The molecule has 0 aromatic heterocycles. The number of nitrogens with one attached hydrogen (secondary N) is 1. The molecule has 1 aliphatic heterocycles. The number of benzene rings is 1. The number of hydrogen-bond acceptors (Lipinski definition) is 5. The first-order valence-electron chi connectivity index (χ1n) is 13.3. The minimum atomic E-state index is -0.820. The van der Waals surface area contributed by atoms with E-state index in [1.165, 1.54) is 32.1 Å². The van der Waals surface area contributed by atoms with Crippen LogP contribution in [0.15, 0.2) is 24.3 Å². The number of carbonyl (C=O) groups excluding carboxylic acids is 2. The highest BCUT2D eigenvalue weighted by atomic mass is 35.5. The molecule has 0 unspecified atom stereocenters. The zero-order valence-electron chi connectivity index (χ0n) is 21.8. The molecule has 3 N–H and O–H groups in total. The highest BCUT2D eigenvalue weighted by molar-refractivity contribution is 6.30. The first-order valence-corrected chi connectivity index (χ1v) is 13.7. The minimum Gasteiger partial charge on any atom is -0.447 e. The number of halogens is 1. The summed E-state index contributed by atoms with van der Waals surface area (Å²) in [5.41, 5.74) is 6.03. The number of hydrogen-bond donors (Lipinski definition) is 2. The minimum absolute atomic E-state index is 0.00395. The van der Waals surface area contributed by atoms with Crippen LogP contribution in [-0.2, 0) is 9.47 Å². The molecule has 0 bridgehead atoms. The summed E-state index contributed by atoms with van der Waals surface area (Å²) >= 11 is 6.27. The van der Waals surface area contributed by atoms with Crippen LogP contribution in [0.2, 0.25) is 5.02 Å².